The summed E-state index contributed by atoms with van der Waals surface area (Å²) in [5, 5.41) is 50.2. The van der Waals surface area contributed by atoms with Gasteiger partial charge in [0.15, 0.2) is 0 Å². The maximum Gasteiger partial charge on any atom is 0.373 e. The molecule has 4 atom stereocenters. The number of benzene rings is 12. The molecule has 20 heteroatoms. The van der Waals surface area contributed by atoms with Crippen LogP contribution in [-0.4, -0.2) is 150 Å². The molecule has 147 heavy (non-hydrogen) atoms. The summed E-state index contributed by atoms with van der Waals surface area (Å²) in [4.78, 5) is 66.4. The lowest BCUT2D eigenvalue weighted by atomic mass is 9.86. The molecule has 20 nitrogen and oxygen atoms in total. The first-order valence-electron chi connectivity index (χ1n) is 50.5. The molecular formula is C127H161N5O15. The predicted octanol–water partition coefficient (Wildman–Crippen LogP) is 27.3. The number of hydrogen-bond donors (Lipinski definition) is 5. The van der Waals surface area contributed by atoms with Gasteiger partial charge in [-0.2, -0.15) is 14.9 Å². The summed E-state index contributed by atoms with van der Waals surface area (Å²) in [6.07, 6.45) is 7.09. The lowest BCUT2D eigenvalue weighted by Crippen LogP contribution is -2.38. The minimum atomic E-state index is -1.26. The number of ether oxygens (including phenoxy) is 4. The van der Waals surface area contributed by atoms with Crippen LogP contribution >= 0.6 is 0 Å². The van der Waals surface area contributed by atoms with Crippen LogP contribution in [0.25, 0.3) is 0 Å². The van der Waals surface area contributed by atoms with Crippen LogP contribution in [-0.2, 0) is 63.6 Å². The van der Waals surface area contributed by atoms with E-state index in [1.54, 1.807) is 6.07 Å². The minimum absolute atomic E-state index is 0. The Hall–Kier alpha value is -14.0. The summed E-state index contributed by atoms with van der Waals surface area (Å²) in [6, 6.07) is 114. The van der Waals surface area contributed by atoms with Crippen molar-refractivity contribution < 1.29 is 73.2 Å². The second-order valence-electron chi connectivity index (χ2n) is 37.7. The molecule has 0 fully saturated rings. The number of carboxylic acid groups (broad SMARTS) is 3. The molecule has 0 spiro atoms. The quantitative estimate of drug-likeness (QED) is 0.0175. The number of aliphatic carboxylic acids is 3. The van der Waals surface area contributed by atoms with Gasteiger partial charge in [0.1, 0.15) is 55.7 Å². The monoisotopic (exact) mass is 2000 g/mol. The van der Waals surface area contributed by atoms with Gasteiger partial charge < -0.3 is 44.5 Å². The van der Waals surface area contributed by atoms with Crippen molar-refractivity contribution in [3.63, 3.8) is 0 Å². The number of carboxylic acids is 3. The molecule has 0 aliphatic carbocycles. The molecule has 12 aromatic rings. The molecule has 0 saturated heterocycles. The van der Waals surface area contributed by atoms with Gasteiger partial charge in [0, 0.05) is 125 Å². The highest BCUT2D eigenvalue weighted by Gasteiger charge is 2.29. The van der Waals surface area contributed by atoms with Crippen molar-refractivity contribution in [2.24, 2.45) is 0 Å². The number of aliphatic hydroxyl groups excluding tert-OH is 2. The molecule has 0 heterocycles. The smallest absolute Gasteiger partial charge is 0.373 e. The fraction of sp³-hybridized carbons (Fsp3) is 0.354. The molecular weight excluding hydrogens is 1840 g/mol. The van der Waals surface area contributed by atoms with Crippen LogP contribution < -0.4 is 18.9 Å². The number of hydrogen-bond acceptors (Lipinski definition) is 17. The molecule has 0 amide bonds. The normalized spacial score (nSPS) is 11.6. The maximum absolute atomic E-state index is 11.6. The molecule has 12 rings (SSSR count). The number of aryl methyl sites for hydroxylation is 1. The van der Waals surface area contributed by atoms with E-state index in [0.29, 0.717) is 98.4 Å². The molecule has 0 aromatic heterocycles. The summed E-state index contributed by atoms with van der Waals surface area (Å²) in [5.74, 6) is 0.930. The Bertz CT molecular complexity index is 5570. The fourth-order valence-corrected chi connectivity index (χ4v) is 17.7. The summed E-state index contributed by atoms with van der Waals surface area (Å²) in [7, 11) is 0. The zero-order chi connectivity index (χ0) is 107. The van der Waals surface area contributed by atoms with Gasteiger partial charge in [0.05, 0.1) is 19.3 Å². The van der Waals surface area contributed by atoms with Crippen molar-refractivity contribution in [2.75, 3.05) is 26.2 Å². The van der Waals surface area contributed by atoms with Crippen LogP contribution in [0.2, 0.25) is 0 Å². The van der Waals surface area contributed by atoms with Gasteiger partial charge in [-0.25, -0.2) is 14.4 Å². The van der Waals surface area contributed by atoms with Crippen molar-refractivity contribution in [1.29, 1.82) is 5.26 Å². The maximum atomic E-state index is 11.6. The molecule has 0 saturated carbocycles. The number of carbonyl (C=O) groups is 4. The molecule has 12 aromatic carbocycles. The average molecular weight is 2000 g/mol. The number of carbonyl (C=O) groups excluding carboxylic acids is 3. The second-order valence-corrected chi connectivity index (χ2v) is 37.7. The topological polar surface area (TPSA) is 277 Å². The molecule has 0 unspecified atom stereocenters. The van der Waals surface area contributed by atoms with Crippen molar-refractivity contribution in [2.45, 2.75) is 269 Å². The molecule has 0 aliphatic heterocycles. The summed E-state index contributed by atoms with van der Waals surface area (Å²) >= 11 is 0. The Morgan fingerprint density at radius 2 is 0.531 bits per heavy atom. The van der Waals surface area contributed by atoms with Crippen molar-refractivity contribution in [3.05, 3.63) is 429 Å². The van der Waals surface area contributed by atoms with Gasteiger partial charge in [0.2, 0.25) is 0 Å². The van der Waals surface area contributed by atoms with E-state index in [1.807, 2.05) is 109 Å². The van der Waals surface area contributed by atoms with Gasteiger partial charge in [-0.15, -0.1) is 0 Å². The predicted molar refractivity (Wildman–Crippen MR) is 596 cm³/mol. The molecule has 0 bridgehead atoms. The number of rotatable bonds is 46. The highest BCUT2D eigenvalue weighted by Crippen LogP contribution is 2.42. The number of nitriles is 1. The second kappa shape index (κ2) is 70.7. The molecule has 0 radical (unpaired) electrons. The Kier molecular flexibility index (Phi) is 60.3. The van der Waals surface area contributed by atoms with Gasteiger partial charge in [-0.3, -0.25) is 24.4 Å². The largest absolute Gasteiger partial charge is 0.489 e. The van der Waals surface area contributed by atoms with Crippen molar-refractivity contribution in [1.82, 2.24) is 19.6 Å². The van der Waals surface area contributed by atoms with E-state index in [0.717, 1.165) is 132 Å². The van der Waals surface area contributed by atoms with E-state index in [1.165, 1.54) is 45.9 Å². The zero-order valence-corrected chi connectivity index (χ0v) is 88.9. The molecule has 0 aliphatic rings. The van der Waals surface area contributed by atoms with E-state index in [4.69, 9.17) is 49.1 Å². The fourth-order valence-electron chi connectivity index (χ4n) is 17.7. The van der Waals surface area contributed by atoms with Crippen LogP contribution in [0.4, 0.5) is 0 Å². The first-order chi connectivity index (χ1) is 70.1. The lowest BCUT2D eigenvalue weighted by Gasteiger charge is -2.32. The highest BCUT2D eigenvalue weighted by molar-refractivity contribution is 5.89. The standard InChI is InChI=1S/2C29H37NO2.C29H35NO2.C29H37NO.C4H4O4.C3H4O2.C2H3N.CO2.CH4/c3*1-22(2)30(23(3)4)18-17-27(26-13-9-6-10-14-26)28-19-25(20-31)15-16-29(28)32-21-24-11-7-5-8-12-24;1-22(2)30(23(3)4)19-18-27(26-14-10-7-11-15-26)28-20-24(5)16-17-29(28)31-21-25-12-8-6-9-13-25;5-3(6)1-2-4(7)8;1-2-3(4)5;1-2-3;2-1-3;/h2*5-16,19,22-23,27,31H,17-18,20-21H2,1-4H3;5-16,19-20,22-23,27H,17-18,21H2,1-4H3;6-17,20,22-23,27H,18-19,21H2,1-5H3;1-2H,(H,5,6)(H,7,8);2H,1H2,(H,4,5);1H3;;1H4/b;;;;2-1+;;;;/t4*27-;;;;;/m1111...../s1. The summed E-state index contributed by atoms with van der Waals surface area (Å²) in [6.45, 7) is 49.0. The van der Waals surface area contributed by atoms with E-state index >= 15 is 0 Å². The molecule has 784 valence electrons. The van der Waals surface area contributed by atoms with Crippen LogP contribution in [0.5, 0.6) is 23.0 Å². The SMILES string of the molecule is C.C=CC(=O)O.CC#N.CC(C)N(CC[C@H](c1ccccc1)c1cc(C=O)ccc1OCc1ccccc1)C(C)C.CC(C)N(CC[C@H](c1ccccc1)c1cc(CO)ccc1OCc1ccccc1)C(C)C.CC(C)N(CC[C@H](c1ccccc1)c1cc(CO)ccc1OCc1ccccc1)C(C)C.Cc1ccc(OCc2ccccc2)c([C@H](CCN(C(C)C)C(C)C)c2ccccc2)c1.O=C(O)/C=C/C(=O)O.O=C=O. The highest BCUT2D eigenvalue weighted by atomic mass is 16.5. The van der Waals surface area contributed by atoms with Crippen LogP contribution in [0.3, 0.4) is 0 Å². The number of aliphatic hydroxyl groups is 2. The number of aldehydes is 1. The number of nitrogens with zero attached hydrogens (tertiary/aromatic N) is 5. The Morgan fingerprint density at radius 1 is 0.327 bits per heavy atom. The van der Waals surface area contributed by atoms with Gasteiger partial charge >= 0.3 is 24.1 Å². The van der Waals surface area contributed by atoms with E-state index in [2.05, 4.69) is 350 Å². The Balaban J connectivity index is 0.000000383. The lowest BCUT2D eigenvalue weighted by molar-refractivity contribution is -0.191. The Labute approximate surface area is 877 Å². The summed E-state index contributed by atoms with van der Waals surface area (Å²) in [5.41, 5.74) is 18.2. The van der Waals surface area contributed by atoms with Gasteiger partial charge in [-0.05, 0) is 274 Å². The minimum Gasteiger partial charge on any atom is -0.489 e. The Morgan fingerprint density at radius 3 is 0.735 bits per heavy atom. The van der Waals surface area contributed by atoms with Crippen LogP contribution in [0.1, 0.15) is 268 Å². The van der Waals surface area contributed by atoms with E-state index < -0.39 is 17.9 Å². The third kappa shape index (κ3) is 46.5. The first kappa shape index (κ1) is 125. The third-order valence-electron chi connectivity index (χ3n) is 24.7. The third-order valence-corrected chi connectivity index (χ3v) is 24.7. The van der Waals surface area contributed by atoms with Crippen molar-refractivity contribution >= 4 is 30.3 Å². The summed E-state index contributed by atoms with van der Waals surface area (Å²) < 4.78 is 25.3. The molecule has 5 N–H and O–H groups in total. The zero-order valence-electron chi connectivity index (χ0n) is 88.9. The van der Waals surface area contributed by atoms with Gasteiger partial charge in [-0.1, -0.05) is 286 Å². The van der Waals surface area contributed by atoms with Gasteiger partial charge in [0.25, 0.3) is 0 Å². The van der Waals surface area contributed by atoms with Crippen molar-refractivity contribution in [3.8, 4) is 29.1 Å². The van der Waals surface area contributed by atoms with E-state index in [-0.39, 0.29) is 44.5 Å². The average Bonchev–Trinajstić information content (AvgIpc) is 0.820. The van der Waals surface area contributed by atoms with Crippen LogP contribution in [0, 0.1) is 18.3 Å². The first-order valence-corrected chi connectivity index (χ1v) is 50.5. The van der Waals surface area contributed by atoms with Crippen LogP contribution in [0.15, 0.2) is 340 Å². The van der Waals surface area contributed by atoms with E-state index in [9.17, 15) is 29.4 Å².